The van der Waals surface area contributed by atoms with Crippen LogP contribution in [0.25, 0.3) is 11.0 Å². The van der Waals surface area contributed by atoms with Gasteiger partial charge in [-0.1, -0.05) is 29.8 Å². The van der Waals surface area contributed by atoms with Gasteiger partial charge in [0.05, 0.1) is 9.37 Å². The summed E-state index contributed by atoms with van der Waals surface area (Å²) >= 11 is 3.42. The molecule has 4 rings (SSSR count). The van der Waals surface area contributed by atoms with Crippen LogP contribution in [0, 0.1) is 6.92 Å². The molecule has 29 heavy (non-hydrogen) atoms. The summed E-state index contributed by atoms with van der Waals surface area (Å²) in [5, 5.41) is 3.82. The number of nitrogens with zero attached hydrogens (tertiary/aromatic N) is 1. The molecular weight excluding hydrogens is 456 g/mol. The number of carbonyl (C=O) groups is 1. The van der Waals surface area contributed by atoms with Gasteiger partial charge in [-0.15, -0.1) is 0 Å². The molecule has 3 aromatic rings. The van der Waals surface area contributed by atoms with Crippen LogP contribution in [0.3, 0.4) is 0 Å². The van der Waals surface area contributed by atoms with Gasteiger partial charge in [0.15, 0.2) is 5.76 Å². The van der Waals surface area contributed by atoms with Crippen molar-refractivity contribution in [2.75, 3.05) is 13.1 Å². The molecule has 2 aromatic carbocycles. The molecule has 0 aliphatic carbocycles. The zero-order valence-electron chi connectivity index (χ0n) is 15.9. The largest absolute Gasteiger partial charge is 0.450 e. The molecule has 2 heterocycles. The Hall–Kier alpha value is -2.16. The fraction of sp³-hybridized carbons (Fsp3) is 0.286. The average molecular weight is 477 g/mol. The second-order valence-electron chi connectivity index (χ2n) is 7.23. The Bertz CT molecular complexity index is 1150. The Morgan fingerprint density at radius 1 is 1.14 bits per heavy atom. The average Bonchev–Trinajstić information content (AvgIpc) is 3.15. The van der Waals surface area contributed by atoms with E-state index in [9.17, 15) is 13.2 Å². The molecule has 1 aliphatic heterocycles. The van der Waals surface area contributed by atoms with Crippen molar-refractivity contribution in [3.05, 3.63) is 64.3 Å². The number of para-hydroxylation sites is 1. The van der Waals surface area contributed by atoms with E-state index in [4.69, 9.17) is 4.42 Å². The lowest BCUT2D eigenvalue weighted by Crippen LogP contribution is -2.46. The van der Waals surface area contributed by atoms with Crippen LogP contribution in [0.15, 0.2) is 62.3 Å². The van der Waals surface area contributed by atoms with Crippen molar-refractivity contribution >= 4 is 42.8 Å². The van der Waals surface area contributed by atoms with Crippen molar-refractivity contribution in [3.8, 4) is 0 Å². The number of amides is 1. The molecular formula is C21H21BrN2O4S. The molecule has 0 radical (unpaired) electrons. The standard InChI is InChI=1S/C21H21BrN2O4S/c1-14-5-7-17(8-6-14)29(26,27)24-11-9-16(10-12-24)23-21(25)19-13-15-3-2-4-18(22)20(15)28-19/h2-8,13,16H,9-12H2,1H3,(H,23,25). The quantitative estimate of drug-likeness (QED) is 0.614. The lowest BCUT2D eigenvalue weighted by atomic mass is 10.1. The number of rotatable bonds is 4. The maximum atomic E-state index is 12.8. The molecule has 8 heteroatoms. The van der Waals surface area contributed by atoms with Gasteiger partial charge in [-0.2, -0.15) is 4.31 Å². The number of hydrogen-bond donors (Lipinski definition) is 1. The Balaban J connectivity index is 1.39. The lowest BCUT2D eigenvalue weighted by Gasteiger charge is -2.31. The van der Waals surface area contributed by atoms with Gasteiger partial charge < -0.3 is 9.73 Å². The Morgan fingerprint density at radius 2 is 1.83 bits per heavy atom. The van der Waals surface area contributed by atoms with Gasteiger partial charge >= 0.3 is 0 Å². The van der Waals surface area contributed by atoms with E-state index in [1.807, 2.05) is 25.1 Å². The fourth-order valence-electron chi connectivity index (χ4n) is 3.50. The van der Waals surface area contributed by atoms with E-state index in [-0.39, 0.29) is 17.7 Å². The van der Waals surface area contributed by atoms with Crippen LogP contribution in [0.4, 0.5) is 0 Å². The van der Waals surface area contributed by atoms with Crippen molar-refractivity contribution in [3.63, 3.8) is 0 Å². The van der Waals surface area contributed by atoms with E-state index < -0.39 is 10.0 Å². The number of fused-ring (bicyclic) bond motifs is 1. The molecule has 1 aromatic heterocycles. The van der Waals surface area contributed by atoms with E-state index in [2.05, 4.69) is 21.2 Å². The Labute approximate surface area is 178 Å². The monoisotopic (exact) mass is 476 g/mol. The second kappa shape index (κ2) is 7.93. The first-order valence-corrected chi connectivity index (χ1v) is 11.6. The first-order valence-electron chi connectivity index (χ1n) is 9.40. The van der Waals surface area contributed by atoms with Gasteiger partial charge in [0.1, 0.15) is 5.58 Å². The zero-order chi connectivity index (χ0) is 20.6. The number of piperidine rings is 1. The smallest absolute Gasteiger partial charge is 0.287 e. The molecule has 1 amide bonds. The predicted molar refractivity (Wildman–Crippen MR) is 114 cm³/mol. The maximum Gasteiger partial charge on any atom is 0.287 e. The highest BCUT2D eigenvalue weighted by Gasteiger charge is 2.30. The van der Waals surface area contributed by atoms with Crippen LogP contribution in [0.1, 0.15) is 29.0 Å². The number of aryl methyl sites for hydroxylation is 1. The Morgan fingerprint density at radius 3 is 2.48 bits per heavy atom. The number of benzene rings is 2. The van der Waals surface area contributed by atoms with Gasteiger partial charge in [-0.05, 0) is 60.0 Å². The SMILES string of the molecule is Cc1ccc(S(=O)(=O)N2CCC(NC(=O)c3cc4cccc(Br)c4o3)CC2)cc1. The third kappa shape index (κ3) is 4.10. The molecule has 0 saturated carbocycles. The highest BCUT2D eigenvalue weighted by atomic mass is 79.9. The van der Waals surface area contributed by atoms with Crippen molar-refractivity contribution in [2.24, 2.45) is 0 Å². The van der Waals surface area contributed by atoms with Crippen LogP contribution in [0.2, 0.25) is 0 Å². The summed E-state index contributed by atoms with van der Waals surface area (Å²) in [6.45, 7) is 2.66. The lowest BCUT2D eigenvalue weighted by molar-refractivity contribution is 0.0898. The van der Waals surface area contributed by atoms with E-state index in [1.165, 1.54) is 4.31 Å². The van der Waals surface area contributed by atoms with Crippen molar-refractivity contribution < 1.29 is 17.6 Å². The molecule has 6 nitrogen and oxygen atoms in total. The first-order chi connectivity index (χ1) is 13.8. The Kier molecular flexibility index (Phi) is 5.50. The summed E-state index contributed by atoms with van der Waals surface area (Å²) in [4.78, 5) is 12.9. The third-order valence-electron chi connectivity index (χ3n) is 5.17. The van der Waals surface area contributed by atoms with Gasteiger partial charge in [0.25, 0.3) is 5.91 Å². The van der Waals surface area contributed by atoms with E-state index >= 15 is 0 Å². The minimum Gasteiger partial charge on any atom is -0.450 e. The fourth-order valence-corrected chi connectivity index (χ4v) is 5.43. The third-order valence-corrected chi connectivity index (χ3v) is 7.71. The van der Waals surface area contributed by atoms with Crippen LogP contribution in [0.5, 0.6) is 0 Å². The molecule has 0 unspecified atom stereocenters. The number of carbonyl (C=O) groups excluding carboxylic acids is 1. The van der Waals surface area contributed by atoms with E-state index in [0.717, 1.165) is 15.4 Å². The number of sulfonamides is 1. The number of halogens is 1. The number of nitrogens with one attached hydrogen (secondary N) is 1. The molecule has 0 atom stereocenters. The topological polar surface area (TPSA) is 79.6 Å². The maximum absolute atomic E-state index is 12.8. The highest BCUT2D eigenvalue weighted by Crippen LogP contribution is 2.27. The summed E-state index contributed by atoms with van der Waals surface area (Å²) in [7, 11) is -3.51. The molecule has 152 valence electrons. The van der Waals surface area contributed by atoms with Gasteiger partial charge in [0, 0.05) is 24.5 Å². The van der Waals surface area contributed by atoms with Crippen LogP contribution >= 0.6 is 15.9 Å². The van der Waals surface area contributed by atoms with Crippen LogP contribution < -0.4 is 5.32 Å². The number of furan rings is 1. The summed E-state index contributed by atoms with van der Waals surface area (Å²) in [6.07, 6.45) is 1.11. The van der Waals surface area contributed by atoms with Gasteiger partial charge in [-0.25, -0.2) is 8.42 Å². The molecule has 1 fully saturated rings. The van der Waals surface area contributed by atoms with E-state index in [0.29, 0.717) is 36.4 Å². The van der Waals surface area contributed by atoms with Crippen molar-refractivity contribution in [1.82, 2.24) is 9.62 Å². The molecule has 0 bridgehead atoms. The highest BCUT2D eigenvalue weighted by molar-refractivity contribution is 9.10. The van der Waals surface area contributed by atoms with Gasteiger partial charge in [0.2, 0.25) is 10.0 Å². The molecule has 1 aliphatic rings. The molecule has 1 N–H and O–H groups in total. The second-order valence-corrected chi connectivity index (χ2v) is 10.0. The summed E-state index contributed by atoms with van der Waals surface area (Å²) in [6, 6.07) is 14.1. The minimum absolute atomic E-state index is 0.0939. The summed E-state index contributed by atoms with van der Waals surface area (Å²) in [5.74, 6) is -0.0328. The summed E-state index contributed by atoms with van der Waals surface area (Å²) in [5.41, 5.74) is 1.65. The van der Waals surface area contributed by atoms with Crippen LogP contribution in [-0.2, 0) is 10.0 Å². The van der Waals surface area contributed by atoms with Crippen molar-refractivity contribution in [2.45, 2.75) is 30.7 Å². The van der Waals surface area contributed by atoms with Crippen molar-refractivity contribution in [1.29, 1.82) is 0 Å². The predicted octanol–water partition coefficient (Wildman–Crippen LogP) is 4.09. The van der Waals surface area contributed by atoms with Crippen LogP contribution in [-0.4, -0.2) is 37.8 Å². The molecule has 0 spiro atoms. The minimum atomic E-state index is -3.51. The number of hydrogen-bond acceptors (Lipinski definition) is 4. The van der Waals surface area contributed by atoms with E-state index in [1.54, 1.807) is 30.3 Å². The molecule has 1 saturated heterocycles. The van der Waals surface area contributed by atoms with Gasteiger partial charge in [-0.3, -0.25) is 4.79 Å². The first kappa shape index (κ1) is 20.1. The zero-order valence-corrected chi connectivity index (χ0v) is 18.3. The summed E-state index contributed by atoms with van der Waals surface area (Å²) < 4.78 is 33.6. The normalized spacial score (nSPS) is 16.2.